The Kier molecular flexibility index (Phi) is 11.4. The third kappa shape index (κ3) is 7.57. The first-order valence-corrected chi connectivity index (χ1v) is 9.23. The molecule has 2 rings (SSSR count). The monoisotopic (exact) mass is 476 g/mol. The van der Waals surface area contributed by atoms with Crippen LogP contribution >= 0.6 is 24.0 Å². The molecule has 1 saturated heterocycles. The van der Waals surface area contributed by atoms with E-state index >= 15 is 0 Å². The van der Waals surface area contributed by atoms with E-state index < -0.39 is 0 Å². The molecule has 0 amide bonds. The number of hydrogen-bond acceptors (Lipinski definition) is 4. The van der Waals surface area contributed by atoms with Crippen LogP contribution in [0, 0.1) is 0 Å². The third-order valence-electron chi connectivity index (χ3n) is 4.38. The minimum atomic E-state index is 0. The Morgan fingerprint density at radius 1 is 1.15 bits per heavy atom. The maximum atomic E-state index is 5.55. The van der Waals surface area contributed by atoms with Crippen LogP contribution in [0.3, 0.4) is 0 Å². The van der Waals surface area contributed by atoms with Crippen molar-refractivity contribution in [3.8, 4) is 11.5 Å². The summed E-state index contributed by atoms with van der Waals surface area (Å²) in [7, 11) is 3.46. The van der Waals surface area contributed by atoms with Crippen LogP contribution in [0.25, 0.3) is 0 Å². The molecule has 1 aromatic rings. The van der Waals surface area contributed by atoms with Crippen LogP contribution in [-0.4, -0.2) is 57.8 Å². The van der Waals surface area contributed by atoms with Crippen LogP contribution in [0.4, 0.5) is 0 Å². The van der Waals surface area contributed by atoms with Crippen molar-refractivity contribution < 1.29 is 9.47 Å². The highest BCUT2D eigenvalue weighted by atomic mass is 127. The number of likely N-dealkylation sites (tertiary alicyclic amines) is 1. The van der Waals surface area contributed by atoms with E-state index in [1.165, 1.54) is 32.4 Å². The first-order chi connectivity index (χ1) is 12.3. The van der Waals surface area contributed by atoms with Crippen molar-refractivity contribution in [2.24, 2.45) is 4.99 Å². The van der Waals surface area contributed by atoms with Gasteiger partial charge in [0.05, 0.1) is 13.7 Å². The molecule has 6 nitrogen and oxygen atoms in total. The lowest BCUT2D eigenvalue weighted by Crippen LogP contribution is -2.42. The Hall–Kier alpha value is -1.22. The summed E-state index contributed by atoms with van der Waals surface area (Å²) in [5.74, 6) is 2.36. The maximum absolute atomic E-state index is 5.55. The third-order valence-corrected chi connectivity index (χ3v) is 4.38. The Bertz CT molecular complexity index is 548. The Balaban J connectivity index is 0.00000338. The number of halogens is 1. The van der Waals surface area contributed by atoms with Gasteiger partial charge in [0.1, 0.15) is 0 Å². The van der Waals surface area contributed by atoms with E-state index in [2.05, 4.69) is 20.5 Å². The number of rotatable bonds is 8. The van der Waals surface area contributed by atoms with Gasteiger partial charge >= 0.3 is 0 Å². The van der Waals surface area contributed by atoms with Gasteiger partial charge in [0, 0.05) is 26.7 Å². The van der Waals surface area contributed by atoms with Crippen LogP contribution < -0.4 is 20.1 Å². The summed E-state index contributed by atoms with van der Waals surface area (Å²) < 4.78 is 11.0. The summed E-state index contributed by atoms with van der Waals surface area (Å²) in [4.78, 5) is 6.81. The first-order valence-electron chi connectivity index (χ1n) is 9.23. The summed E-state index contributed by atoms with van der Waals surface area (Å²) in [5, 5.41) is 6.74. The van der Waals surface area contributed by atoms with Crippen molar-refractivity contribution in [1.82, 2.24) is 15.5 Å². The Morgan fingerprint density at radius 2 is 1.92 bits per heavy atom. The van der Waals surface area contributed by atoms with Gasteiger partial charge in [-0.1, -0.05) is 12.5 Å². The normalized spacial score (nSPS) is 15.1. The van der Waals surface area contributed by atoms with Gasteiger partial charge in [-0.25, -0.2) is 0 Å². The molecule has 26 heavy (non-hydrogen) atoms. The highest BCUT2D eigenvalue weighted by Gasteiger charge is 2.10. The first kappa shape index (κ1) is 22.8. The molecular formula is C19H33IN4O2. The SMILES string of the molecule is CCOc1ccc(CNC(=NC)NCCN2CCCCC2)cc1OC.I. The molecule has 148 valence electrons. The Labute approximate surface area is 174 Å². The molecule has 0 atom stereocenters. The Morgan fingerprint density at radius 3 is 2.58 bits per heavy atom. The molecule has 1 aromatic carbocycles. The largest absolute Gasteiger partial charge is 0.493 e. The lowest BCUT2D eigenvalue weighted by molar-refractivity contribution is 0.232. The number of aliphatic imine (C=N–C) groups is 1. The molecular weight excluding hydrogens is 443 g/mol. The molecule has 0 unspecified atom stereocenters. The minimum Gasteiger partial charge on any atom is -0.493 e. The van der Waals surface area contributed by atoms with Crippen molar-refractivity contribution in [1.29, 1.82) is 0 Å². The van der Waals surface area contributed by atoms with Crippen molar-refractivity contribution >= 4 is 29.9 Å². The number of ether oxygens (including phenoxy) is 2. The smallest absolute Gasteiger partial charge is 0.191 e. The van der Waals surface area contributed by atoms with Crippen LogP contribution in [-0.2, 0) is 6.54 Å². The number of guanidine groups is 1. The molecule has 0 bridgehead atoms. The lowest BCUT2D eigenvalue weighted by Gasteiger charge is -2.26. The standard InChI is InChI=1S/C19H32N4O2.HI/c1-4-25-17-9-8-16(14-18(17)24-3)15-22-19(20-2)21-10-13-23-11-6-5-7-12-23;/h8-9,14H,4-7,10-13,15H2,1-3H3,(H2,20,21,22);1H. The van der Waals surface area contributed by atoms with E-state index in [1.54, 1.807) is 14.2 Å². The van der Waals surface area contributed by atoms with E-state index in [9.17, 15) is 0 Å². The summed E-state index contributed by atoms with van der Waals surface area (Å²) in [6.07, 6.45) is 4.03. The zero-order valence-corrected chi connectivity index (χ0v) is 18.5. The molecule has 1 fully saturated rings. The quantitative estimate of drug-likeness (QED) is 0.344. The summed E-state index contributed by atoms with van der Waals surface area (Å²) in [5.41, 5.74) is 1.12. The number of methoxy groups -OCH3 is 1. The fraction of sp³-hybridized carbons (Fsp3) is 0.632. The highest BCUT2D eigenvalue weighted by molar-refractivity contribution is 14.0. The zero-order valence-electron chi connectivity index (χ0n) is 16.2. The maximum Gasteiger partial charge on any atom is 0.191 e. The fourth-order valence-corrected chi connectivity index (χ4v) is 3.02. The van der Waals surface area contributed by atoms with Crippen molar-refractivity contribution in [2.75, 3.05) is 46.9 Å². The average molecular weight is 476 g/mol. The second-order valence-corrected chi connectivity index (χ2v) is 6.17. The van der Waals surface area contributed by atoms with Gasteiger partial charge in [-0.3, -0.25) is 4.99 Å². The second-order valence-electron chi connectivity index (χ2n) is 6.17. The van der Waals surface area contributed by atoms with Gasteiger partial charge in [0.15, 0.2) is 17.5 Å². The lowest BCUT2D eigenvalue weighted by atomic mass is 10.1. The van der Waals surface area contributed by atoms with Gasteiger partial charge in [0.25, 0.3) is 0 Å². The van der Waals surface area contributed by atoms with E-state index in [4.69, 9.17) is 9.47 Å². The number of nitrogens with one attached hydrogen (secondary N) is 2. The number of benzene rings is 1. The van der Waals surface area contributed by atoms with Crippen LogP contribution in [0.5, 0.6) is 11.5 Å². The molecule has 0 spiro atoms. The van der Waals surface area contributed by atoms with Crippen molar-refractivity contribution in [3.63, 3.8) is 0 Å². The zero-order chi connectivity index (χ0) is 17.9. The highest BCUT2D eigenvalue weighted by Crippen LogP contribution is 2.27. The van der Waals surface area contributed by atoms with Gasteiger partial charge in [-0.2, -0.15) is 0 Å². The molecule has 0 radical (unpaired) electrons. The van der Waals surface area contributed by atoms with E-state index in [0.29, 0.717) is 13.2 Å². The van der Waals surface area contributed by atoms with Crippen LogP contribution in [0.1, 0.15) is 31.7 Å². The van der Waals surface area contributed by atoms with Crippen molar-refractivity contribution in [2.45, 2.75) is 32.7 Å². The molecule has 1 aliphatic rings. The molecule has 0 saturated carbocycles. The van der Waals surface area contributed by atoms with Crippen LogP contribution in [0.15, 0.2) is 23.2 Å². The van der Waals surface area contributed by atoms with Crippen molar-refractivity contribution in [3.05, 3.63) is 23.8 Å². The predicted molar refractivity (Wildman–Crippen MR) is 118 cm³/mol. The molecule has 2 N–H and O–H groups in total. The summed E-state index contributed by atoms with van der Waals surface area (Å²) in [6.45, 7) is 7.70. The molecule has 7 heteroatoms. The summed E-state index contributed by atoms with van der Waals surface area (Å²) in [6, 6.07) is 5.99. The van der Waals surface area contributed by atoms with Gasteiger partial charge in [-0.05, 0) is 50.6 Å². The van der Waals surface area contributed by atoms with Gasteiger partial charge in [-0.15, -0.1) is 24.0 Å². The van der Waals surface area contributed by atoms with Gasteiger partial charge < -0.3 is 25.0 Å². The van der Waals surface area contributed by atoms with E-state index in [1.807, 2.05) is 25.1 Å². The molecule has 1 aliphatic heterocycles. The fourth-order valence-electron chi connectivity index (χ4n) is 3.02. The number of piperidine rings is 1. The van der Waals surface area contributed by atoms with E-state index in [0.717, 1.165) is 36.1 Å². The topological polar surface area (TPSA) is 58.1 Å². The van der Waals surface area contributed by atoms with E-state index in [-0.39, 0.29) is 24.0 Å². The molecule has 0 aliphatic carbocycles. The van der Waals surface area contributed by atoms with Gasteiger partial charge in [0.2, 0.25) is 0 Å². The summed E-state index contributed by atoms with van der Waals surface area (Å²) >= 11 is 0. The predicted octanol–water partition coefficient (Wildman–Crippen LogP) is 2.86. The second kappa shape index (κ2) is 13.0. The minimum absolute atomic E-state index is 0. The number of hydrogen-bond donors (Lipinski definition) is 2. The molecule has 0 aromatic heterocycles. The average Bonchev–Trinajstić information content (AvgIpc) is 2.66. The molecule has 1 heterocycles. The number of nitrogens with zero attached hydrogens (tertiary/aromatic N) is 2. The van der Waals surface area contributed by atoms with Crippen LogP contribution in [0.2, 0.25) is 0 Å².